The lowest BCUT2D eigenvalue weighted by Gasteiger charge is -2.29. The van der Waals surface area contributed by atoms with Gasteiger partial charge in [0, 0.05) is 38.2 Å². The van der Waals surface area contributed by atoms with Crippen molar-refractivity contribution in [2.45, 2.75) is 44.7 Å². The summed E-state index contributed by atoms with van der Waals surface area (Å²) in [6.45, 7) is 6.79. The summed E-state index contributed by atoms with van der Waals surface area (Å²) in [6.07, 6.45) is 4.35. The molecule has 2 saturated heterocycles. The van der Waals surface area contributed by atoms with Crippen LogP contribution < -0.4 is 10.6 Å². The molecule has 2 fully saturated rings. The number of ether oxygens (including phenoxy) is 1. The van der Waals surface area contributed by atoms with Crippen molar-refractivity contribution >= 4 is 18.3 Å². The Balaban J connectivity index is 0.00000220. The molecule has 0 aromatic rings. The third-order valence-electron chi connectivity index (χ3n) is 4.59. The predicted octanol–water partition coefficient (Wildman–Crippen LogP) is 1.02. The average Bonchev–Trinajstić information content (AvgIpc) is 2.90. The first-order chi connectivity index (χ1) is 9.70. The highest BCUT2D eigenvalue weighted by Gasteiger charge is 2.27. The Morgan fingerprint density at radius 1 is 1.43 bits per heavy atom. The molecule has 21 heavy (non-hydrogen) atoms. The van der Waals surface area contributed by atoms with E-state index in [2.05, 4.69) is 22.5 Å². The van der Waals surface area contributed by atoms with Crippen LogP contribution in [0.5, 0.6) is 0 Å². The Bertz CT molecular complexity index is 317. The van der Waals surface area contributed by atoms with Gasteiger partial charge in [-0.1, -0.05) is 0 Å². The molecule has 2 rings (SSSR count). The summed E-state index contributed by atoms with van der Waals surface area (Å²) in [4.78, 5) is 14.7. The van der Waals surface area contributed by atoms with Gasteiger partial charge in [-0.15, -0.1) is 12.4 Å². The van der Waals surface area contributed by atoms with Crippen LogP contribution in [-0.2, 0) is 9.53 Å². The highest BCUT2D eigenvalue weighted by Crippen LogP contribution is 2.18. The molecule has 0 saturated carbocycles. The van der Waals surface area contributed by atoms with E-state index in [1.54, 1.807) is 7.11 Å². The van der Waals surface area contributed by atoms with Crippen molar-refractivity contribution in [3.63, 3.8) is 0 Å². The molecule has 0 aromatic carbocycles. The summed E-state index contributed by atoms with van der Waals surface area (Å²) in [6, 6.07) is 0.956. The van der Waals surface area contributed by atoms with Gasteiger partial charge >= 0.3 is 0 Å². The van der Waals surface area contributed by atoms with Crippen molar-refractivity contribution in [2.75, 3.05) is 39.9 Å². The van der Waals surface area contributed by atoms with E-state index in [9.17, 15) is 4.79 Å². The first kappa shape index (κ1) is 18.7. The Morgan fingerprint density at radius 3 is 2.95 bits per heavy atom. The van der Waals surface area contributed by atoms with E-state index in [4.69, 9.17) is 4.74 Å². The number of methoxy groups -OCH3 is 1. The number of piperidine rings is 1. The van der Waals surface area contributed by atoms with Crippen molar-refractivity contribution in [2.24, 2.45) is 5.92 Å². The lowest BCUT2D eigenvalue weighted by atomic mass is 9.92. The zero-order valence-corrected chi connectivity index (χ0v) is 14.1. The number of rotatable bonds is 6. The van der Waals surface area contributed by atoms with E-state index in [1.165, 1.54) is 12.8 Å². The summed E-state index contributed by atoms with van der Waals surface area (Å²) in [7, 11) is 1.74. The van der Waals surface area contributed by atoms with Gasteiger partial charge in [0.15, 0.2) is 0 Å². The molecule has 2 aliphatic rings. The van der Waals surface area contributed by atoms with Crippen LogP contribution in [0.15, 0.2) is 0 Å². The molecule has 2 heterocycles. The summed E-state index contributed by atoms with van der Waals surface area (Å²) < 4.78 is 5.15. The fourth-order valence-electron chi connectivity index (χ4n) is 3.36. The van der Waals surface area contributed by atoms with Crippen molar-refractivity contribution in [3.05, 3.63) is 0 Å². The Kier molecular flexibility index (Phi) is 8.56. The number of nitrogens with zero attached hydrogens (tertiary/aromatic N) is 1. The molecule has 0 radical (unpaired) electrons. The molecular weight excluding hydrogens is 290 g/mol. The van der Waals surface area contributed by atoms with Gasteiger partial charge in [0.05, 0.1) is 6.61 Å². The molecule has 1 unspecified atom stereocenters. The third-order valence-corrected chi connectivity index (χ3v) is 4.59. The third kappa shape index (κ3) is 5.74. The van der Waals surface area contributed by atoms with Crippen LogP contribution in [-0.4, -0.2) is 62.8 Å². The number of likely N-dealkylation sites (tertiary alicyclic amines) is 1. The number of carbonyl (C=O) groups is 1. The topological polar surface area (TPSA) is 53.6 Å². The molecule has 1 amide bonds. The SMILES string of the molecule is COCCN1CCCC1CNC(=O)[C@H]1CCN[C@@H](C)C1.Cl. The lowest BCUT2D eigenvalue weighted by molar-refractivity contribution is -0.126. The van der Waals surface area contributed by atoms with Gasteiger partial charge in [-0.3, -0.25) is 9.69 Å². The van der Waals surface area contributed by atoms with E-state index in [0.717, 1.165) is 45.6 Å². The summed E-state index contributed by atoms with van der Waals surface area (Å²) in [5.41, 5.74) is 0. The van der Waals surface area contributed by atoms with Crippen LogP contribution in [0, 0.1) is 5.92 Å². The van der Waals surface area contributed by atoms with Gasteiger partial charge in [-0.25, -0.2) is 0 Å². The van der Waals surface area contributed by atoms with Gasteiger partial charge in [0.25, 0.3) is 0 Å². The molecule has 5 nitrogen and oxygen atoms in total. The molecule has 2 N–H and O–H groups in total. The van der Waals surface area contributed by atoms with Crippen molar-refractivity contribution in [3.8, 4) is 0 Å². The lowest BCUT2D eigenvalue weighted by Crippen LogP contribution is -2.46. The fourth-order valence-corrected chi connectivity index (χ4v) is 3.36. The second kappa shape index (κ2) is 9.62. The number of hydrogen-bond acceptors (Lipinski definition) is 4. The highest BCUT2D eigenvalue weighted by molar-refractivity contribution is 5.85. The quantitative estimate of drug-likeness (QED) is 0.767. The van der Waals surface area contributed by atoms with Gasteiger partial charge in [-0.2, -0.15) is 0 Å². The van der Waals surface area contributed by atoms with Crippen LogP contribution in [0.4, 0.5) is 0 Å². The second-order valence-corrected chi connectivity index (χ2v) is 6.15. The maximum atomic E-state index is 12.2. The molecule has 3 atom stereocenters. The number of hydrogen-bond donors (Lipinski definition) is 2. The van der Waals surface area contributed by atoms with Gasteiger partial charge < -0.3 is 15.4 Å². The summed E-state index contributed by atoms with van der Waals surface area (Å²) in [5, 5.41) is 6.56. The number of halogens is 1. The van der Waals surface area contributed by atoms with Crippen molar-refractivity contribution in [1.29, 1.82) is 0 Å². The zero-order valence-electron chi connectivity index (χ0n) is 13.3. The van der Waals surface area contributed by atoms with Crippen LogP contribution in [0.3, 0.4) is 0 Å². The smallest absolute Gasteiger partial charge is 0.223 e. The molecule has 0 aliphatic carbocycles. The number of amides is 1. The Hall–Kier alpha value is -0.360. The van der Waals surface area contributed by atoms with E-state index in [-0.39, 0.29) is 24.2 Å². The van der Waals surface area contributed by atoms with Crippen LogP contribution in [0.1, 0.15) is 32.6 Å². The van der Waals surface area contributed by atoms with Crippen LogP contribution in [0.2, 0.25) is 0 Å². The first-order valence-corrected chi connectivity index (χ1v) is 7.94. The minimum absolute atomic E-state index is 0. The minimum atomic E-state index is 0. The summed E-state index contributed by atoms with van der Waals surface area (Å²) >= 11 is 0. The molecule has 0 spiro atoms. The maximum absolute atomic E-state index is 12.2. The molecule has 6 heteroatoms. The van der Waals surface area contributed by atoms with E-state index in [0.29, 0.717) is 12.1 Å². The van der Waals surface area contributed by atoms with Crippen LogP contribution >= 0.6 is 12.4 Å². The van der Waals surface area contributed by atoms with Gasteiger partial charge in [-0.05, 0) is 45.7 Å². The number of carbonyl (C=O) groups excluding carboxylic acids is 1. The zero-order chi connectivity index (χ0) is 14.4. The fraction of sp³-hybridized carbons (Fsp3) is 0.933. The number of nitrogens with one attached hydrogen (secondary N) is 2. The highest BCUT2D eigenvalue weighted by atomic mass is 35.5. The van der Waals surface area contributed by atoms with Gasteiger partial charge in [0.1, 0.15) is 0 Å². The van der Waals surface area contributed by atoms with Crippen molar-refractivity contribution < 1.29 is 9.53 Å². The molecule has 2 aliphatic heterocycles. The second-order valence-electron chi connectivity index (χ2n) is 6.15. The first-order valence-electron chi connectivity index (χ1n) is 7.94. The predicted molar refractivity (Wildman–Crippen MR) is 86.9 cm³/mol. The standard InChI is InChI=1S/C15H29N3O2.ClH/c1-12-10-13(5-6-16-12)15(19)17-11-14-4-3-7-18(14)8-9-20-2;/h12-14,16H,3-11H2,1-2H3,(H,17,19);1H/t12-,13-,14?;/m0./s1. The van der Waals surface area contributed by atoms with E-state index in [1.807, 2.05) is 0 Å². The Morgan fingerprint density at radius 2 is 2.24 bits per heavy atom. The minimum Gasteiger partial charge on any atom is -0.383 e. The summed E-state index contributed by atoms with van der Waals surface area (Å²) in [5.74, 6) is 0.442. The molecule has 124 valence electrons. The maximum Gasteiger partial charge on any atom is 0.223 e. The van der Waals surface area contributed by atoms with E-state index < -0.39 is 0 Å². The molecule has 0 bridgehead atoms. The Labute approximate surface area is 134 Å². The van der Waals surface area contributed by atoms with Crippen molar-refractivity contribution in [1.82, 2.24) is 15.5 Å². The molecule has 0 aromatic heterocycles. The monoisotopic (exact) mass is 319 g/mol. The normalized spacial score (nSPS) is 29.9. The molecular formula is C15H30ClN3O2. The van der Waals surface area contributed by atoms with Crippen LogP contribution in [0.25, 0.3) is 0 Å². The average molecular weight is 320 g/mol. The largest absolute Gasteiger partial charge is 0.383 e. The van der Waals surface area contributed by atoms with Gasteiger partial charge in [0.2, 0.25) is 5.91 Å². The van der Waals surface area contributed by atoms with E-state index >= 15 is 0 Å².